The van der Waals surface area contributed by atoms with E-state index in [4.69, 9.17) is 19.9 Å². The van der Waals surface area contributed by atoms with Crippen molar-refractivity contribution in [1.29, 1.82) is 0 Å². The van der Waals surface area contributed by atoms with Crippen LogP contribution in [0.25, 0.3) is 0 Å². The molecule has 2 saturated heterocycles. The van der Waals surface area contributed by atoms with Crippen LogP contribution < -0.4 is 11.2 Å². The highest BCUT2D eigenvalue weighted by atomic mass is 32.2. The van der Waals surface area contributed by atoms with Gasteiger partial charge in [-0.2, -0.15) is 5.10 Å². The van der Waals surface area contributed by atoms with Gasteiger partial charge in [-0.05, 0) is 125 Å². The lowest BCUT2D eigenvalue weighted by Crippen LogP contribution is -2.71. The molecule has 0 amide bonds. The molecular formula is C44H75N3O3S2. The Morgan fingerprint density at radius 2 is 1.92 bits per heavy atom. The van der Waals surface area contributed by atoms with Crippen LogP contribution in [-0.2, 0) is 14.2 Å². The molecule has 6 nitrogen and oxygen atoms in total. The topological polar surface area (TPSA) is 78.1 Å². The summed E-state index contributed by atoms with van der Waals surface area (Å²) >= 11 is 3.98. The van der Waals surface area contributed by atoms with Crippen molar-refractivity contribution in [2.45, 2.75) is 163 Å². The predicted molar refractivity (Wildman–Crippen MR) is 225 cm³/mol. The Balaban J connectivity index is 0.000000376. The van der Waals surface area contributed by atoms with Crippen LogP contribution in [0.4, 0.5) is 0 Å². The number of rotatable bonds is 11. The van der Waals surface area contributed by atoms with E-state index in [1.54, 1.807) is 23.5 Å². The van der Waals surface area contributed by atoms with Crippen LogP contribution in [0, 0.1) is 45.8 Å². The van der Waals surface area contributed by atoms with E-state index in [9.17, 15) is 0 Å². The third kappa shape index (κ3) is 7.02. The zero-order valence-corrected chi connectivity index (χ0v) is 36.8. The van der Waals surface area contributed by atoms with Crippen LogP contribution in [0.2, 0.25) is 0 Å². The Hall–Kier alpha value is -0.930. The number of allylic oxidation sites excluding steroid dienone is 3. The summed E-state index contributed by atoms with van der Waals surface area (Å²) in [5.41, 5.74) is 12.9. The van der Waals surface area contributed by atoms with Crippen molar-refractivity contribution < 1.29 is 14.2 Å². The summed E-state index contributed by atoms with van der Waals surface area (Å²) in [6.45, 7) is 31.0. The zero-order valence-electron chi connectivity index (χ0n) is 35.2. The van der Waals surface area contributed by atoms with Gasteiger partial charge >= 0.3 is 0 Å². The molecule has 0 aromatic carbocycles. The van der Waals surface area contributed by atoms with Crippen LogP contribution in [0.5, 0.6) is 0 Å². The molecule has 296 valence electrons. The molecule has 0 aromatic heterocycles. The number of fused-ring (bicyclic) bond motifs is 3. The summed E-state index contributed by atoms with van der Waals surface area (Å²) in [4.78, 5) is 0. The molecule has 6 aliphatic rings. The maximum Gasteiger partial charge on any atom is 0.112 e. The summed E-state index contributed by atoms with van der Waals surface area (Å²) in [6, 6.07) is 0. The fourth-order valence-electron chi connectivity index (χ4n) is 10.9. The third-order valence-corrected chi connectivity index (χ3v) is 18.4. The van der Waals surface area contributed by atoms with Gasteiger partial charge in [0.25, 0.3) is 0 Å². The number of hydrazone groups is 1. The van der Waals surface area contributed by atoms with Crippen molar-refractivity contribution in [3.8, 4) is 0 Å². The van der Waals surface area contributed by atoms with Crippen molar-refractivity contribution in [2.24, 2.45) is 56.7 Å². The Bertz CT molecular complexity index is 1390. The monoisotopic (exact) mass is 758 g/mol. The first kappa shape index (κ1) is 42.2. The molecule has 0 aromatic rings. The predicted octanol–water partition coefficient (Wildman–Crippen LogP) is 10.7. The fourth-order valence-corrected chi connectivity index (χ4v) is 13.9. The lowest BCUT2D eigenvalue weighted by Gasteiger charge is -2.71. The number of hydrogen-bond donors (Lipinski definition) is 2. The summed E-state index contributed by atoms with van der Waals surface area (Å²) in [6.07, 6.45) is 17.9. The molecule has 4 bridgehead atoms. The van der Waals surface area contributed by atoms with Crippen molar-refractivity contribution in [3.05, 3.63) is 34.6 Å². The van der Waals surface area contributed by atoms with Crippen LogP contribution in [0.15, 0.2) is 39.7 Å². The van der Waals surface area contributed by atoms with Crippen molar-refractivity contribution in [3.63, 3.8) is 0 Å². The quantitative estimate of drug-likeness (QED) is 0.123. The molecule has 4 fully saturated rings. The van der Waals surface area contributed by atoms with E-state index >= 15 is 0 Å². The summed E-state index contributed by atoms with van der Waals surface area (Å²) in [5, 5.41) is 5.20. The minimum Gasteiger partial charge on any atom is -0.495 e. The molecular weight excluding hydrogens is 683 g/mol. The Morgan fingerprint density at radius 3 is 2.56 bits per heavy atom. The molecule has 6 unspecified atom stereocenters. The van der Waals surface area contributed by atoms with Gasteiger partial charge < -0.3 is 19.9 Å². The fraction of sp³-hybridized carbons (Fsp3) is 0.841. The van der Waals surface area contributed by atoms with E-state index in [0.29, 0.717) is 36.2 Å². The average Bonchev–Trinajstić information content (AvgIpc) is 3.11. The highest BCUT2D eigenvalue weighted by Crippen LogP contribution is 2.74. The van der Waals surface area contributed by atoms with Crippen molar-refractivity contribution >= 4 is 29.7 Å². The molecule has 3 aliphatic heterocycles. The highest BCUT2D eigenvalue weighted by molar-refractivity contribution is 8.03. The van der Waals surface area contributed by atoms with Gasteiger partial charge in [-0.3, -0.25) is 5.43 Å². The largest absolute Gasteiger partial charge is 0.495 e. The molecule has 11 atom stereocenters. The average molecular weight is 758 g/mol. The lowest BCUT2D eigenvalue weighted by molar-refractivity contribution is -0.195. The minimum absolute atomic E-state index is 0.0132. The van der Waals surface area contributed by atoms with E-state index < -0.39 is 0 Å². The highest BCUT2D eigenvalue weighted by Gasteiger charge is 2.71. The van der Waals surface area contributed by atoms with Crippen LogP contribution in [0.1, 0.15) is 135 Å². The second-order valence-electron chi connectivity index (χ2n) is 18.7. The zero-order chi connectivity index (χ0) is 38.3. The first-order valence-corrected chi connectivity index (χ1v) is 22.7. The Labute approximate surface area is 327 Å². The number of nitrogens with zero attached hydrogens (tertiary/aromatic N) is 1. The summed E-state index contributed by atoms with van der Waals surface area (Å²) in [5.74, 6) is 4.86. The van der Waals surface area contributed by atoms with Gasteiger partial charge in [0.05, 0.1) is 41.5 Å². The summed E-state index contributed by atoms with van der Waals surface area (Å²) < 4.78 is 20.2. The second-order valence-corrected chi connectivity index (χ2v) is 21.3. The van der Waals surface area contributed by atoms with Crippen LogP contribution in [0.3, 0.4) is 0 Å². The van der Waals surface area contributed by atoms with E-state index in [1.807, 2.05) is 6.92 Å². The SMILES string of the molecule is C/C=N\N/C(SCC)=C(\C)CC.CC(C)[C@@H](C)[C@]12CCC3(C)C4CCC5C6(SCC(OC[C@](C)(N)C(C)C)[C@@]5(C)COC6C)C4=CC[C@@]3(C=CO1)C2. The molecule has 3 N–H and O–H groups in total. The molecule has 3 heterocycles. The molecule has 2 saturated carbocycles. The van der Waals surface area contributed by atoms with Crippen LogP contribution in [-0.4, -0.2) is 59.0 Å². The molecule has 6 rings (SSSR count). The smallest absolute Gasteiger partial charge is 0.112 e. The van der Waals surface area contributed by atoms with E-state index in [2.05, 4.69) is 124 Å². The number of thioether (sulfide) groups is 2. The number of hydrogen-bond acceptors (Lipinski definition) is 8. The van der Waals surface area contributed by atoms with E-state index in [-0.39, 0.29) is 44.3 Å². The van der Waals surface area contributed by atoms with Gasteiger partial charge in [0.1, 0.15) is 5.60 Å². The standard InChI is InChI=1S/C35H57NO3S.C9H18N2S/c1-22(2)24(5)34-15-14-31(8)26-10-11-28-30(7)20-37-25(6)35(28,27(26)12-13-33(31,19-34)16-17-39-34)40-18-29(30)38-21-32(9,36)23(3)4;1-5-8(4)9(12-7-3)11-10-6-2/h12,16-17,22-26,28-29H,10-11,13-15,18-21,36H2,1-9H3;6,11H,5,7H2,1-4H3/b;9-8-,10-6-/t24-,25?,26?,28?,29?,30+,31?,32+,33-,34-,35?;/m1./s1. The van der Waals surface area contributed by atoms with Gasteiger partial charge in [-0.15, -0.1) is 23.5 Å². The number of nitrogens with two attached hydrogens (primary N) is 1. The lowest BCUT2D eigenvalue weighted by atomic mass is 9.40. The van der Waals surface area contributed by atoms with Crippen molar-refractivity contribution in [1.82, 2.24) is 5.43 Å². The maximum atomic E-state index is 6.78. The molecule has 8 heteroatoms. The molecule has 0 radical (unpaired) electrons. The Kier molecular flexibility index (Phi) is 12.9. The van der Waals surface area contributed by atoms with Gasteiger partial charge in [0.2, 0.25) is 0 Å². The number of ether oxygens (including phenoxy) is 3. The van der Waals surface area contributed by atoms with Crippen LogP contribution >= 0.6 is 23.5 Å². The van der Waals surface area contributed by atoms with Gasteiger partial charge in [-0.1, -0.05) is 74.0 Å². The first-order valence-electron chi connectivity index (χ1n) is 20.7. The van der Waals surface area contributed by atoms with Crippen molar-refractivity contribution in [2.75, 3.05) is 24.7 Å². The van der Waals surface area contributed by atoms with Gasteiger partial charge in [-0.25, -0.2) is 0 Å². The van der Waals surface area contributed by atoms with Gasteiger partial charge in [0.15, 0.2) is 0 Å². The third-order valence-electron chi connectivity index (χ3n) is 15.6. The normalized spacial score (nSPS) is 41.3. The summed E-state index contributed by atoms with van der Waals surface area (Å²) in [7, 11) is 0. The molecule has 1 spiro atoms. The second kappa shape index (κ2) is 15.9. The van der Waals surface area contributed by atoms with Gasteiger partial charge in [0, 0.05) is 28.3 Å². The first-order chi connectivity index (χ1) is 24.4. The Morgan fingerprint density at radius 1 is 1.19 bits per heavy atom. The van der Waals surface area contributed by atoms with E-state index in [1.165, 1.54) is 42.7 Å². The maximum absolute atomic E-state index is 6.78. The molecule has 52 heavy (non-hydrogen) atoms. The molecule has 3 aliphatic carbocycles. The number of nitrogens with one attached hydrogen (secondary N) is 1. The van der Waals surface area contributed by atoms with E-state index in [0.717, 1.165) is 31.0 Å². The minimum atomic E-state index is -0.314.